The molecule has 6 heteroatoms. The summed E-state index contributed by atoms with van der Waals surface area (Å²) in [6.07, 6.45) is 4.68. The maximum absolute atomic E-state index is 14.1. The maximum atomic E-state index is 14.1. The minimum atomic E-state index is -0.694. The molecule has 0 radical (unpaired) electrons. The lowest BCUT2D eigenvalue weighted by Crippen LogP contribution is -2.50. The third kappa shape index (κ3) is 3.95. The van der Waals surface area contributed by atoms with Gasteiger partial charge in [0.05, 0.1) is 6.04 Å². The van der Waals surface area contributed by atoms with Crippen LogP contribution in [0.4, 0.5) is 8.78 Å². The summed E-state index contributed by atoms with van der Waals surface area (Å²) in [4.78, 5) is 28.3. The van der Waals surface area contributed by atoms with Crippen molar-refractivity contribution in [1.82, 2.24) is 10.2 Å². The number of rotatable bonds is 4. The predicted molar refractivity (Wildman–Crippen MR) is 110 cm³/mol. The number of carbonyl (C=O) groups excluding carboxylic acids is 2. The second-order valence-corrected chi connectivity index (χ2v) is 8.34. The fraction of sp³-hybridized carbons (Fsp3) is 0.417. The molecular formula is C24H26F2N2O2. The predicted octanol–water partition coefficient (Wildman–Crippen LogP) is 4.62. The molecule has 2 fully saturated rings. The Morgan fingerprint density at radius 1 is 1.07 bits per heavy atom. The van der Waals surface area contributed by atoms with E-state index in [0.29, 0.717) is 17.9 Å². The summed E-state index contributed by atoms with van der Waals surface area (Å²) in [7, 11) is 0. The highest BCUT2D eigenvalue weighted by Gasteiger charge is 2.47. The first kappa shape index (κ1) is 20.5. The monoisotopic (exact) mass is 412 g/mol. The average molecular weight is 412 g/mol. The average Bonchev–Trinajstić information content (AvgIpc) is 3.13. The van der Waals surface area contributed by atoms with Gasteiger partial charge in [0.15, 0.2) is 0 Å². The van der Waals surface area contributed by atoms with E-state index in [9.17, 15) is 18.4 Å². The highest BCUT2D eigenvalue weighted by Crippen LogP contribution is 2.40. The molecule has 2 aromatic carbocycles. The van der Waals surface area contributed by atoms with Crippen molar-refractivity contribution in [2.45, 2.75) is 57.2 Å². The largest absolute Gasteiger partial charge is 0.348 e. The summed E-state index contributed by atoms with van der Waals surface area (Å²) in [5.74, 6) is -1.47. The lowest BCUT2D eigenvalue weighted by atomic mass is 9.84. The van der Waals surface area contributed by atoms with Crippen LogP contribution in [0.3, 0.4) is 0 Å². The summed E-state index contributed by atoms with van der Waals surface area (Å²) in [5, 5.41) is 2.85. The topological polar surface area (TPSA) is 49.4 Å². The minimum Gasteiger partial charge on any atom is -0.348 e. The number of hydrogen-bond acceptors (Lipinski definition) is 2. The highest BCUT2D eigenvalue weighted by atomic mass is 19.1. The Labute approximate surface area is 175 Å². The third-order valence-corrected chi connectivity index (χ3v) is 6.43. The molecular weight excluding hydrogens is 386 g/mol. The van der Waals surface area contributed by atoms with Crippen LogP contribution in [-0.2, 0) is 4.79 Å². The van der Waals surface area contributed by atoms with Gasteiger partial charge in [-0.25, -0.2) is 8.78 Å². The van der Waals surface area contributed by atoms with Crippen molar-refractivity contribution in [3.8, 4) is 0 Å². The quantitative estimate of drug-likeness (QED) is 0.797. The molecule has 0 spiro atoms. The molecule has 1 N–H and O–H groups in total. The first-order chi connectivity index (χ1) is 14.5. The molecule has 1 saturated carbocycles. The summed E-state index contributed by atoms with van der Waals surface area (Å²) in [5.41, 5.74) is 0.792. The van der Waals surface area contributed by atoms with Gasteiger partial charge in [-0.2, -0.15) is 0 Å². The summed E-state index contributed by atoms with van der Waals surface area (Å²) in [6, 6.07) is 11.2. The first-order valence-corrected chi connectivity index (χ1v) is 10.6. The van der Waals surface area contributed by atoms with Crippen molar-refractivity contribution in [3.05, 3.63) is 71.3 Å². The number of amides is 2. The summed E-state index contributed by atoms with van der Waals surface area (Å²) >= 11 is 0. The molecule has 4 atom stereocenters. The van der Waals surface area contributed by atoms with Gasteiger partial charge in [0.1, 0.15) is 17.7 Å². The van der Waals surface area contributed by atoms with Crippen molar-refractivity contribution >= 4 is 11.8 Å². The van der Waals surface area contributed by atoms with Gasteiger partial charge in [-0.1, -0.05) is 37.1 Å². The molecule has 2 aromatic rings. The van der Waals surface area contributed by atoms with Crippen molar-refractivity contribution < 1.29 is 18.4 Å². The summed E-state index contributed by atoms with van der Waals surface area (Å²) in [6.45, 7) is 1.67. The van der Waals surface area contributed by atoms with E-state index < -0.39 is 23.7 Å². The van der Waals surface area contributed by atoms with E-state index in [1.54, 1.807) is 24.0 Å². The number of hydrogen-bond donors (Lipinski definition) is 1. The number of fused-ring (bicyclic) bond motifs is 1. The maximum Gasteiger partial charge on any atom is 0.254 e. The van der Waals surface area contributed by atoms with Gasteiger partial charge in [0, 0.05) is 23.2 Å². The van der Waals surface area contributed by atoms with Crippen LogP contribution in [0.5, 0.6) is 0 Å². The van der Waals surface area contributed by atoms with Crippen LogP contribution >= 0.6 is 0 Å². The van der Waals surface area contributed by atoms with Crippen LogP contribution < -0.4 is 5.32 Å². The molecule has 2 aliphatic rings. The van der Waals surface area contributed by atoms with E-state index >= 15 is 0 Å². The molecule has 0 aromatic heterocycles. The van der Waals surface area contributed by atoms with E-state index in [-0.39, 0.29) is 23.4 Å². The van der Waals surface area contributed by atoms with E-state index in [2.05, 4.69) is 5.32 Å². The lowest BCUT2D eigenvalue weighted by molar-refractivity contribution is -0.125. The Kier molecular flexibility index (Phi) is 5.84. The van der Waals surface area contributed by atoms with E-state index in [4.69, 9.17) is 0 Å². The zero-order chi connectivity index (χ0) is 21.3. The molecule has 1 aliphatic heterocycles. The molecule has 1 saturated heterocycles. The number of halogens is 2. The van der Waals surface area contributed by atoms with E-state index in [0.717, 1.165) is 31.7 Å². The number of nitrogens with one attached hydrogen (secondary N) is 1. The Balaban J connectivity index is 1.57. The molecule has 1 heterocycles. The normalized spacial score (nSPS) is 24.2. The van der Waals surface area contributed by atoms with Gasteiger partial charge in [0.2, 0.25) is 5.91 Å². The fourth-order valence-electron chi connectivity index (χ4n) is 4.96. The van der Waals surface area contributed by atoms with Crippen LogP contribution in [0.25, 0.3) is 0 Å². The molecule has 1 aliphatic carbocycles. The minimum absolute atomic E-state index is 0.0556. The van der Waals surface area contributed by atoms with Crippen LogP contribution in [-0.4, -0.2) is 28.8 Å². The highest BCUT2D eigenvalue weighted by molar-refractivity contribution is 5.98. The van der Waals surface area contributed by atoms with Crippen molar-refractivity contribution in [2.24, 2.45) is 5.92 Å². The lowest BCUT2D eigenvalue weighted by Gasteiger charge is -2.34. The Morgan fingerprint density at radius 2 is 1.80 bits per heavy atom. The zero-order valence-electron chi connectivity index (χ0n) is 17.0. The Bertz CT molecular complexity index is 934. The van der Waals surface area contributed by atoms with Gasteiger partial charge in [-0.05, 0) is 50.3 Å². The smallest absolute Gasteiger partial charge is 0.254 e. The second-order valence-electron chi connectivity index (χ2n) is 8.34. The molecule has 4 unspecified atom stereocenters. The first-order valence-electron chi connectivity index (χ1n) is 10.6. The van der Waals surface area contributed by atoms with Crippen LogP contribution in [0, 0.1) is 17.6 Å². The zero-order valence-corrected chi connectivity index (χ0v) is 17.0. The van der Waals surface area contributed by atoms with Gasteiger partial charge in [0.25, 0.3) is 5.91 Å². The van der Waals surface area contributed by atoms with Crippen molar-refractivity contribution in [3.63, 3.8) is 0 Å². The van der Waals surface area contributed by atoms with Crippen molar-refractivity contribution in [1.29, 1.82) is 0 Å². The van der Waals surface area contributed by atoms with Crippen LogP contribution in [0.2, 0.25) is 0 Å². The Morgan fingerprint density at radius 3 is 2.53 bits per heavy atom. The van der Waals surface area contributed by atoms with Gasteiger partial charge in [-0.3, -0.25) is 9.59 Å². The molecule has 2 amide bonds. The Hall–Kier alpha value is -2.76. The van der Waals surface area contributed by atoms with E-state index in [1.807, 2.05) is 18.2 Å². The molecule has 4 rings (SSSR count). The number of benzene rings is 2. The molecule has 4 nitrogen and oxygen atoms in total. The number of nitrogens with zero attached hydrogens (tertiary/aromatic N) is 1. The fourth-order valence-corrected chi connectivity index (χ4v) is 4.96. The van der Waals surface area contributed by atoms with Crippen molar-refractivity contribution in [2.75, 3.05) is 0 Å². The standard InChI is InChI=1S/C24H26F2N2O2/c1-15(19-12-11-18(25)14-20(19)26)27-23(29)22-13-17-9-5-6-10-21(17)28(22)24(30)16-7-3-2-4-8-16/h2-4,7-8,11-12,14-15,17,21-22H,5-6,9-10,13H2,1H3,(H,27,29). The van der Waals surface area contributed by atoms with Crippen LogP contribution in [0.15, 0.2) is 48.5 Å². The van der Waals surface area contributed by atoms with Gasteiger partial charge >= 0.3 is 0 Å². The van der Waals surface area contributed by atoms with Gasteiger partial charge < -0.3 is 10.2 Å². The van der Waals surface area contributed by atoms with Gasteiger partial charge in [-0.15, -0.1) is 0 Å². The number of carbonyl (C=O) groups is 2. The SMILES string of the molecule is CC(NC(=O)C1CC2CCCCC2N1C(=O)c1ccccc1)c1ccc(F)cc1F. The number of likely N-dealkylation sites (tertiary alicyclic amines) is 1. The third-order valence-electron chi connectivity index (χ3n) is 6.43. The summed E-state index contributed by atoms with van der Waals surface area (Å²) < 4.78 is 27.4. The molecule has 30 heavy (non-hydrogen) atoms. The van der Waals surface area contributed by atoms with Crippen LogP contribution in [0.1, 0.15) is 61.0 Å². The molecule has 158 valence electrons. The van der Waals surface area contributed by atoms with E-state index in [1.165, 1.54) is 12.1 Å². The molecule has 0 bridgehead atoms. The second kappa shape index (κ2) is 8.54.